The van der Waals surface area contributed by atoms with E-state index >= 15 is 0 Å². The lowest BCUT2D eigenvalue weighted by Gasteiger charge is -2.30. The zero-order valence-corrected chi connectivity index (χ0v) is 13.4. The van der Waals surface area contributed by atoms with Gasteiger partial charge in [-0.05, 0) is 44.8 Å². The Labute approximate surface area is 132 Å². The SMILES string of the molecule is COc1ccccc1C(C)NC(=O)CN1CCC(CO)CC1. The number of aliphatic hydroxyl groups is 1. The normalized spacial score (nSPS) is 18.0. The number of carbonyl (C=O) groups is 1. The molecule has 5 heteroatoms. The molecule has 0 radical (unpaired) electrons. The number of para-hydroxylation sites is 1. The Bertz CT molecular complexity index is 485. The third kappa shape index (κ3) is 4.45. The fraction of sp³-hybridized carbons (Fsp3) is 0.588. The van der Waals surface area contributed by atoms with Gasteiger partial charge in [0.15, 0.2) is 0 Å². The van der Waals surface area contributed by atoms with Gasteiger partial charge in [0.05, 0.1) is 19.7 Å². The second-order valence-electron chi connectivity index (χ2n) is 5.93. The van der Waals surface area contributed by atoms with Gasteiger partial charge < -0.3 is 15.2 Å². The number of amides is 1. The van der Waals surface area contributed by atoms with Crippen LogP contribution in [0.15, 0.2) is 24.3 Å². The molecule has 0 saturated carbocycles. The topological polar surface area (TPSA) is 61.8 Å². The van der Waals surface area contributed by atoms with Crippen LogP contribution in [0.5, 0.6) is 5.75 Å². The van der Waals surface area contributed by atoms with E-state index in [4.69, 9.17) is 9.84 Å². The lowest BCUT2D eigenvalue weighted by atomic mass is 9.98. The highest BCUT2D eigenvalue weighted by molar-refractivity contribution is 5.78. The number of hydrogen-bond acceptors (Lipinski definition) is 4. The summed E-state index contributed by atoms with van der Waals surface area (Å²) in [5, 5.41) is 12.2. The summed E-state index contributed by atoms with van der Waals surface area (Å²) >= 11 is 0. The summed E-state index contributed by atoms with van der Waals surface area (Å²) in [5.41, 5.74) is 0.984. The minimum atomic E-state index is -0.0846. The summed E-state index contributed by atoms with van der Waals surface area (Å²) in [6.07, 6.45) is 1.93. The van der Waals surface area contributed by atoms with Crippen molar-refractivity contribution < 1.29 is 14.6 Å². The highest BCUT2D eigenvalue weighted by atomic mass is 16.5. The molecule has 0 aromatic heterocycles. The second-order valence-corrected chi connectivity index (χ2v) is 5.93. The van der Waals surface area contributed by atoms with Crippen LogP contribution in [0.1, 0.15) is 31.4 Å². The van der Waals surface area contributed by atoms with Gasteiger partial charge in [-0.15, -0.1) is 0 Å². The maximum absolute atomic E-state index is 12.2. The first-order valence-corrected chi connectivity index (χ1v) is 7.89. The molecule has 1 fully saturated rings. The first-order chi connectivity index (χ1) is 10.6. The number of carbonyl (C=O) groups excluding carboxylic acids is 1. The standard InChI is InChI=1S/C17H26N2O3/c1-13(15-5-3-4-6-16(15)22-2)18-17(21)11-19-9-7-14(12-20)8-10-19/h3-6,13-14,20H,7-12H2,1-2H3,(H,18,21). The molecule has 0 bridgehead atoms. The number of benzene rings is 1. The zero-order valence-electron chi connectivity index (χ0n) is 13.4. The van der Waals surface area contributed by atoms with Crippen molar-refractivity contribution in [2.24, 2.45) is 5.92 Å². The molecule has 2 rings (SSSR count). The molecule has 1 unspecified atom stereocenters. The number of ether oxygens (including phenoxy) is 1. The summed E-state index contributed by atoms with van der Waals surface area (Å²) < 4.78 is 5.34. The first-order valence-electron chi connectivity index (χ1n) is 7.89. The molecule has 1 aliphatic rings. The minimum Gasteiger partial charge on any atom is -0.496 e. The molecular formula is C17H26N2O3. The number of piperidine rings is 1. The summed E-state index contributed by atoms with van der Waals surface area (Å²) in [4.78, 5) is 14.4. The van der Waals surface area contributed by atoms with Crippen molar-refractivity contribution >= 4 is 5.91 Å². The Morgan fingerprint density at radius 2 is 2.09 bits per heavy atom. The predicted molar refractivity (Wildman–Crippen MR) is 85.8 cm³/mol. The lowest BCUT2D eigenvalue weighted by Crippen LogP contribution is -2.42. The molecule has 22 heavy (non-hydrogen) atoms. The third-order valence-corrected chi connectivity index (χ3v) is 4.32. The van der Waals surface area contributed by atoms with Crippen LogP contribution < -0.4 is 10.1 Å². The number of hydrogen-bond donors (Lipinski definition) is 2. The second kappa shape index (κ2) is 8.15. The van der Waals surface area contributed by atoms with E-state index in [1.807, 2.05) is 31.2 Å². The molecule has 1 atom stereocenters. The van der Waals surface area contributed by atoms with Crippen molar-refractivity contribution in [2.45, 2.75) is 25.8 Å². The number of aliphatic hydroxyl groups excluding tert-OH is 1. The Morgan fingerprint density at radius 3 is 2.73 bits per heavy atom. The molecule has 2 N–H and O–H groups in total. The molecule has 1 heterocycles. The fourth-order valence-corrected chi connectivity index (χ4v) is 2.92. The molecule has 1 aliphatic heterocycles. The van der Waals surface area contributed by atoms with Crippen molar-refractivity contribution in [3.63, 3.8) is 0 Å². The van der Waals surface area contributed by atoms with Gasteiger partial charge in [0.1, 0.15) is 5.75 Å². The quantitative estimate of drug-likeness (QED) is 0.837. The van der Waals surface area contributed by atoms with Crippen molar-refractivity contribution in [1.29, 1.82) is 0 Å². The van der Waals surface area contributed by atoms with Gasteiger partial charge >= 0.3 is 0 Å². The van der Waals surface area contributed by atoms with Gasteiger partial charge in [-0.25, -0.2) is 0 Å². The van der Waals surface area contributed by atoms with Crippen molar-refractivity contribution in [2.75, 3.05) is 33.4 Å². The number of nitrogens with zero attached hydrogens (tertiary/aromatic N) is 1. The molecule has 122 valence electrons. The van der Waals surface area contributed by atoms with Crippen LogP contribution in [0.4, 0.5) is 0 Å². The van der Waals surface area contributed by atoms with Crippen LogP contribution in [-0.2, 0) is 4.79 Å². The number of nitrogens with one attached hydrogen (secondary N) is 1. The van der Waals surface area contributed by atoms with E-state index in [0.717, 1.165) is 37.2 Å². The smallest absolute Gasteiger partial charge is 0.234 e. The van der Waals surface area contributed by atoms with Gasteiger partial charge in [-0.2, -0.15) is 0 Å². The fourth-order valence-electron chi connectivity index (χ4n) is 2.92. The van der Waals surface area contributed by atoms with E-state index in [1.165, 1.54) is 0 Å². The van der Waals surface area contributed by atoms with Gasteiger partial charge in [-0.1, -0.05) is 18.2 Å². The van der Waals surface area contributed by atoms with E-state index in [1.54, 1.807) is 7.11 Å². The van der Waals surface area contributed by atoms with Crippen molar-refractivity contribution in [1.82, 2.24) is 10.2 Å². The molecule has 0 aliphatic carbocycles. The summed E-state index contributed by atoms with van der Waals surface area (Å²) in [6, 6.07) is 7.65. The Kier molecular flexibility index (Phi) is 6.21. The highest BCUT2D eigenvalue weighted by Gasteiger charge is 2.21. The third-order valence-electron chi connectivity index (χ3n) is 4.32. The van der Waals surface area contributed by atoms with E-state index in [9.17, 15) is 4.79 Å². The van der Waals surface area contributed by atoms with Gasteiger partial charge in [0, 0.05) is 12.2 Å². The van der Waals surface area contributed by atoms with Crippen LogP contribution in [-0.4, -0.2) is 49.3 Å². The highest BCUT2D eigenvalue weighted by Crippen LogP contribution is 2.24. The predicted octanol–water partition coefficient (Wildman–Crippen LogP) is 1.58. The Hall–Kier alpha value is -1.59. The Balaban J connectivity index is 1.84. The zero-order chi connectivity index (χ0) is 15.9. The summed E-state index contributed by atoms with van der Waals surface area (Å²) in [5.74, 6) is 1.21. The van der Waals surface area contributed by atoms with Crippen LogP contribution in [0.3, 0.4) is 0 Å². The first kappa shape index (κ1) is 16.8. The van der Waals surface area contributed by atoms with E-state index in [-0.39, 0.29) is 18.6 Å². The summed E-state index contributed by atoms with van der Waals surface area (Å²) in [7, 11) is 1.64. The van der Waals surface area contributed by atoms with Crippen molar-refractivity contribution in [3.05, 3.63) is 29.8 Å². The van der Waals surface area contributed by atoms with E-state index in [2.05, 4.69) is 10.2 Å². The van der Waals surface area contributed by atoms with Crippen LogP contribution in [0.25, 0.3) is 0 Å². The molecule has 1 amide bonds. The maximum atomic E-state index is 12.2. The summed E-state index contributed by atoms with van der Waals surface area (Å²) in [6.45, 7) is 4.39. The van der Waals surface area contributed by atoms with Crippen LogP contribution in [0, 0.1) is 5.92 Å². The van der Waals surface area contributed by atoms with Crippen molar-refractivity contribution in [3.8, 4) is 5.75 Å². The molecule has 0 spiro atoms. The number of methoxy groups -OCH3 is 1. The molecule has 1 saturated heterocycles. The number of likely N-dealkylation sites (tertiary alicyclic amines) is 1. The molecule has 1 aromatic carbocycles. The minimum absolute atomic E-state index is 0.0286. The molecule has 1 aromatic rings. The number of rotatable bonds is 6. The largest absolute Gasteiger partial charge is 0.496 e. The van der Waals surface area contributed by atoms with Crippen LogP contribution >= 0.6 is 0 Å². The maximum Gasteiger partial charge on any atom is 0.234 e. The molecule has 5 nitrogen and oxygen atoms in total. The average molecular weight is 306 g/mol. The van der Waals surface area contributed by atoms with Gasteiger partial charge in [-0.3, -0.25) is 9.69 Å². The average Bonchev–Trinajstić information content (AvgIpc) is 2.55. The Morgan fingerprint density at radius 1 is 1.41 bits per heavy atom. The van der Waals surface area contributed by atoms with E-state index in [0.29, 0.717) is 12.5 Å². The molecular weight excluding hydrogens is 280 g/mol. The monoisotopic (exact) mass is 306 g/mol. The van der Waals surface area contributed by atoms with Gasteiger partial charge in [0.25, 0.3) is 0 Å². The lowest BCUT2D eigenvalue weighted by molar-refractivity contribution is -0.123. The van der Waals surface area contributed by atoms with Crippen LogP contribution in [0.2, 0.25) is 0 Å². The van der Waals surface area contributed by atoms with Gasteiger partial charge in [0.2, 0.25) is 5.91 Å². The van der Waals surface area contributed by atoms with E-state index < -0.39 is 0 Å².